The van der Waals surface area contributed by atoms with Crippen molar-refractivity contribution in [1.29, 1.82) is 0 Å². The van der Waals surface area contributed by atoms with Gasteiger partial charge in [-0.25, -0.2) is 4.90 Å². The van der Waals surface area contributed by atoms with Gasteiger partial charge in [0.2, 0.25) is 11.8 Å². The minimum atomic E-state index is -1.09. The number of rotatable bonds is 2. The van der Waals surface area contributed by atoms with Gasteiger partial charge in [0.25, 0.3) is 5.91 Å². The Hall–Kier alpha value is -2.99. The molecule has 164 valence electrons. The van der Waals surface area contributed by atoms with E-state index >= 15 is 0 Å². The van der Waals surface area contributed by atoms with Crippen LogP contribution in [0.15, 0.2) is 42.5 Å². The van der Waals surface area contributed by atoms with Gasteiger partial charge in [0, 0.05) is 24.3 Å². The number of imide groups is 1. The summed E-state index contributed by atoms with van der Waals surface area (Å²) >= 11 is 0. The van der Waals surface area contributed by atoms with Crippen LogP contribution in [0.3, 0.4) is 0 Å². The van der Waals surface area contributed by atoms with E-state index in [-0.39, 0.29) is 23.8 Å². The van der Waals surface area contributed by atoms with E-state index < -0.39 is 17.4 Å². The fraction of sp³-hybridized carbons (Fsp3) is 0.423. The van der Waals surface area contributed by atoms with Crippen molar-refractivity contribution in [3.63, 3.8) is 0 Å². The number of amides is 3. The highest BCUT2D eigenvalue weighted by Gasteiger charge is 2.75. The molecule has 3 amide bonds. The highest BCUT2D eigenvalue weighted by atomic mass is 16.2. The molecule has 4 heterocycles. The van der Waals surface area contributed by atoms with Crippen molar-refractivity contribution in [3.05, 3.63) is 59.2 Å². The summed E-state index contributed by atoms with van der Waals surface area (Å²) in [6, 6.07) is 13.6. The fourth-order valence-electron chi connectivity index (χ4n) is 6.74. The lowest BCUT2D eigenvalue weighted by molar-refractivity contribution is -0.136. The van der Waals surface area contributed by atoms with Crippen LogP contribution >= 0.6 is 0 Å². The first-order valence-corrected chi connectivity index (χ1v) is 11.5. The number of aryl methyl sites for hydroxylation is 2. The molecule has 32 heavy (non-hydrogen) atoms. The maximum Gasteiger partial charge on any atom is 0.252 e. The van der Waals surface area contributed by atoms with Crippen LogP contribution in [0.4, 0.5) is 11.4 Å². The molecule has 4 aliphatic heterocycles. The van der Waals surface area contributed by atoms with Gasteiger partial charge in [-0.2, -0.15) is 0 Å². The molecule has 4 aliphatic rings. The molecule has 6 heteroatoms. The third-order valence-corrected chi connectivity index (χ3v) is 8.13. The molecule has 0 aliphatic carbocycles. The number of carbonyl (C=O) groups excluding carboxylic acids is 3. The summed E-state index contributed by atoms with van der Waals surface area (Å²) in [4.78, 5) is 47.0. The minimum Gasteiger partial charge on any atom is -0.313 e. The van der Waals surface area contributed by atoms with Crippen LogP contribution < -0.4 is 9.80 Å². The van der Waals surface area contributed by atoms with Crippen LogP contribution in [0, 0.1) is 18.8 Å². The van der Waals surface area contributed by atoms with Gasteiger partial charge in [-0.3, -0.25) is 19.3 Å². The van der Waals surface area contributed by atoms with Crippen LogP contribution in [-0.4, -0.2) is 42.3 Å². The molecule has 1 spiro atoms. The Labute approximate surface area is 187 Å². The molecule has 3 saturated heterocycles. The topological polar surface area (TPSA) is 60.9 Å². The molecule has 0 saturated carbocycles. The van der Waals surface area contributed by atoms with E-state index in [2.05, 4.69) is 11.8 Å². The zero-order chi connectivity index (χ0) is 22.4. The molecule has 6 nitrogen and oxygen atoms in total. The normalized spacial score (nSPS) is 31.1. The zero-order valence-electron chi connectivity index (χ0n) is 18.7. The molecular weight excluding hydrogens is 402 g/mol. The first kappa shape index (κ1) is 19.7. The van der Waals surface area contributed by atoms with Crippen LogP contribution in [0.25, 0.3) is 0 Å². The Balaban J connectivity index is 1.55. The van der Waals surface area contributed by atoms with Crippen molar-refractivity contribution in [1.82, 2.24) is 4.90 Å². The lowest BCUT2D eigenvalue weighted by atomic mass is 9.75. The monoisotopic (exact) mass is 429 g/mol. The summed E-state index contributed by atoms with van der Waals surface area (Å²) in [5.41, 5.74) is 3.45. The SMILES string of the molecule is CCc1ccc(N2C(=O)C3C4CCCN4C4(C(=O)N(C)c5ccc(C)cc54)C3C2=O)cc1. The van der Waals surface area contributed by atoms with Gasteiger partial charge in [-0.1, -0.05) is 36.8 Å². The molecule has 0 radical (unpaired) electrons. The molecule has 2 aromatic rings. The second kappa shape index (κ2) is 6.51. The molecule has 0 aromatic heterocycles. The molecule has 4 unspecified atom stereocenters. The molecule has 0 N–H and O–H groups in total. The van der Waals surface area contributed by atoms with E-state index in [1.54, 1.807) is 11.9 Å². The Bertz CT molecular complexity index is 1170. The van der Waals surface area contributed by atoms with Crippen molar-refractivity contribution < 1.29 is 14.4 Å². The van der Waals surface area contributed by atoms with E-state index in [0.717, 1.165) is 48.2 Å². The summed E-state index contributed by atoms with van der Waals surface area (Å²) in [5.74, 6) is -1.66. The Kier molecular flexibility index (Phi) is 4.01. The lowest BCUT2D eigenvalue weighted by Crippen LogP contribution is -2.55. The van der Waals surface area contributed by atoms with E-state index in [9.17, 15) is 14.4 Å². The second-order valence-corrected chi connectivity index (χ2v) is 9.59. The third kappa shape index (κ3) is 2.16. The fourth-order valence-corrected chi connectivity index (χ4v) is 6.74. The van der Waals surface area contributed by atoms with Gasteiger partial charge < -0.3 is 4.90 Å². The molecule has 6 rings (SSSR count). The van der Waals surface area contributed by atoms with E-state index in [0.29, 0.717) is 5.69 Å². The average molecular weight is 430 g/mol. The number of anilines is 2. The highest BCUT2D eigenvalue weighted by molar-refractivity contribution is 6.26. The Morgan fingerprint density at radius 3 is 2.50 bits per heavy atom. The zero-order valence-corrected chi connectivity index (χ0v) is 18.7. The minimum absolute atomic E-state index is 0.0816. The van der Waals surface area contributed by atoms with E-state index in [1.165, 1.54) is 4.90 Å². The predicted molar refractivity (Wildman–Crippen MR) is 121 cm³/mol. The van der Waals surface area contributed by atoms with Gasteiger partial charge in [-0.05, 0) is 56.5 Å². The van der Waals surface area contributed by atoms with Crippen LogP contribution in [-0.2, 0) is 26.3 Å². The van der Waals surface area contributed by atoms with Gasteiger partial charge in [0.1, 0.15) is 5.54 Å². The number of carbonyl (C=O) groups is 3. The number of hydrogen-bond donors (Lipinski definition) is 0. The first-order valence-electron chi connectivity index (χ1n) is 11.5. The molecule has 4 atom stereocenters. The van der Waals surface area contributed by atoms with Crippen LogP contribution in [0.5, 0.6) is 0 Å². The van der Waals surface area contributed by atoms with E-state index in [1.807, 2.05) is 49.4 Å². The number of hydrogen-bond acceptors (Lipinski definition) is 4. The smallest absolute Gasteiger partial charge is 0.252 e. The number of likely N-dealkylation sites (N-methyl/N-ethyl adjacent to an activating group) is 1. The first-order chi connectivity index (χ1) is 15.4. The molecule has 3 fully saturated rings. The van der Waals surface area contributed by atoms with Crippen LogP contribution in [0.2, 0.25) is 0 Å². The maximum atomic E-state index is 14.0. The molecule has 0 bridgehead atoms. The van der Waals surface area contributed by atoms with Crippen molar-refractivity contribution in [2.45, 2.75) is 44.7 Å². The van der Waals surface area contributed by atoms with Gasteiger partial charge in [-0.15, -0.1) is 0 Å². The number of nitrogens with zero attached hydrogens (tertiary/aromatic N) is 3. The van der Waals surface area contributed by atoms with Gasteiger partial charge in [0.05, 0.1) is 17.5 Å². The molecular formula is C26H27N3O3. The molecule has 2 aromatic carbocycles. The summed E-state index contributed by atoms with van der Waals surface area (Å²) in [6.45, 7) is 4.82. The summed E-state index contributed by atoms with van der Waals surface area (Å²) in [5, 5.41) is 0. The average Bonchev–Trinajstić information content (AvgIpc) is 3.48. The summed E-state index contributed by atoms with van der Waals surface area (Å²) in [7, 11) is 1.78. The highest BCUT2D eigenvalue weighted by Crippen LogP contribution is 2.61. The number of benzene rings is 2. The van der Waals surface area contributed by atoms with Crippen molar-refractivity contribution in [2.24, 2.45) is 11.8 Å². The second-order valence-electron chi connectivity index (χ2n) is 9.59. The van der Waals surface area contributed by atoms with Crippen molar-refractivity contribution >= 4 is 29.1 Å². The Morgan fingerprint density at radius 1 is 1.03 bits per heavy atom. The largest absolute Gasteiger partial charge is 0.313 e. The Morgan fingerprint density at radius 2 is 1.78 bits per heavy atom. The summed E-state index contributed by atoms with van der Waals surface area (Å²) in [6.07, 6.45) is 2.66. The number of fused-ring (bicyclic) bond motifs is 7. The van der Waals surface area contributed by atoms with Crippen LogP contribution in [0.1, 0.15) is 36.5 Å². The van der Waals surface area contributed by atoms with Crippen molar-refractivity contribution in [2.75, 3.05) is 23.4 Å². The van der Waals surface area contributed by atoms with Crippen molar-refractivity contribution in [3.8, 4) is 0 Å². The standard InChI is InChI=1S/C26H27N3O3/c1-4-16-8-10-17(11-9-16)29-23(30)21-20-6-5-13-28(20)26(22(21)24(29)31)18-14-15(2)7-12-19(18)27(3)25(26)32/h7-12,14,20-22H,4-6,13H2,1-3H3. The maximum absolute atomic E-state index is 14.0. The quantitative estimate of drug-likeness (QED) is 0.689. The van der Waals surface area contributed by atoms with Gasteiger partial charge >= 0.3 is 0 Å². The predicted octanol–water partition coefficient (Wildman–Crippen LogP) is 3.01. The lowest BCUT2D eigenvalue weighted by Gasteiger charge is -2.37. The summed E-state index contributed by atoms with van der Waals surface area (Å²) < 4.78 is 0. The third-order valence-electron chi connectivity index (χ3n) is 8.13. The van der Waals surface area contributed by atoms with E-state index in [4.69, 9.17) is 0 Å². The van der Waals surface area contributed by atoms with Gasteiger partial charge in [0.15, 0.2) is 0 Å².